The van der Waals surface area contributed by atoms with Crippen LogP contribution in [-0.2, 0) is 17.6 Å². The van der Waals surface area contributed by atoms with E-state index in [0.29, 0.717) is 24.3 Å². The van der Waals surface area contributed by atoms with E-state index in [1.165, 1.54) is 16.7 Å². The standard InChI is InChI=1S/C30H36N2O2/c1-20(2)8-15-28(27-14-9-21(3)17-22(27)4)32-30(34)18-24-10-12-25(13-11-24)29(33)19-26-7-6-16-31-23(26)5/h6-7,9-14,16-17,20,28H,8,15,18-19H2,1-5H3,(H,32,34). The Morgan fingerprint density at radius 2 is 1.65 bits per heavy atom. The van der Waals surface area contributed by atoms with Crippen molar-refractivity contribution in [2.75, 3.05) is 0 Å². The van der Waals surface area contributed by atoms with Gasteiger partial charge in [0.15, 0.2) is 5.78 Å². The number of carbonyl (C=O) groups excluding carboxylic acids is 2. The van der Waals surface area contributed by atoms with Crippen molar-refractivity contribution in [3.05, 3.63) is 99.9 Å². The first-order valence-corrected chi connectivity index (χ1v) is 12.1. The van der Waals surface area contributed by atoms with Gasteiger partial charge in [-0.15, -0.1) is 0 Å². The third-order valence-electron chi connectivity index (χ3n) is 6.28. The molecule has 1 heterocycles. The van der Waals surface area contributed by atoms with Gasteiger partial charge in [-0.2, -0.15) is 0 Å². The molecule has 2 aromatic carbocycles. The molecule has 0 spiro atoms. The van der Waals surface area contributed by atoms with Gasteiger partial charge in [0.2, 0.25) is 5.91 Å². The SMILES string of the molecule is Cc1ccc(C(CCC(C)C)NC(=O)Cc2ccc(C(=O)Cc3cccnc3C)cc2)c(C)c1. The van der Waals surface area contributed by atoms with Crippen LogP contribution in [0.2, 0.25) is 0 Å². The molecule has 0 radical (unpaired) electrons. The van der Waals surface area contributed by atoms with Gasteiger partial charge in [0.1, 0.15) is 0 Å². The zero-order chi connectivity index (χ0) is 24.7. The normalized spacial score (nSPS) is 11.9. The van der Waals surface area contributed by atoms with Gasteiger partial charge in [-0.25, -0.2) is 0 Å². The Hall–Kier alpha value is -3.27. The van der Waals surface area contributed by atoms with Crippen LogP contribution in [0.15, 0.2) is 60.8 Å². The third kappa shape index (κ3) is 7.11. The fourth-order valence-electron chi connectivity index (χ4n) is 4.24. The largest absolute Gasteiger partial charge is 0.349 e. The molecule has 1 amide bonds. The van der Waals surface area contributed by atoms with E-state index in [4.69, 9.17) is 0 Å². The number of ketones is 1. The van der Waals surface area contributed by atoms with Gasteiger partial charge in [-0.05, 0) is 67.9 Å². The van der Waals surface area contributed by atoms with E-state index < -0.39 is 0 Å². The minimum atomic E-state index is -0.00112. The van der Waals surface area contributed by atoms with Crippen LogP contribution in [0.3, 0.4) is 0 Å². The molecule has 0 saturated carbocycles. The van der Waals surface area contributed by atoms with Gasteiger partial charge in [-0.1, -0.05) is 67.9 Å². The fourth-order valence-corrected chi connectivity index (χ4v) is 4.24. The summed E-state index contributed by atoms with van der Waals surface area (Å²) >= 11 is 0. The number of aromatic nitrogens is 1. The van der Waals surface area contributed by atoms with Crippen LogP contribution in [-0.4, -0.2) is 16.7 Å². The highest BCUT2D eigenvalue weighted by atomic mass is 16.1. The monoisotopic (exact) mass is 456 g/mol. The van der Waals surface area contributed by atoms with Crippen LogP contribution in [0.5, 0.6) is 0 Å². The molecule has 0 aliphatic heterocycles. The molecule has 0 bridgehead atoms. The highest BCUT2D eigenvalue weighted by Crippen LogP contribution is 2.25. The lowest BCUT2D eigenvalue weighted by Gasteiger charge is -2.22. The molecule has 4 nitrogen and oxygen atoms in total. The van der Waals surface area contributed by atoms with Crippen molar-refractivity contribution in [2.24, 2.45) is 5.92 Å². The van der Waals surface area contributed by atoms with Crippen LogP contribution in [0.25, 0.3) is 0 Å². The number of amides is 1. The van der Waals surface area contributed by atoms with E-state index in [9.17, 15) is 9.59 Å². The Morgan fingerprint density at radius 1 is 0.912 bits per heavy atom. The van der Waals surface area contributed by atoms with E-state index in [0.717, 1.165) is 29.7 Å². The quantitative estimate of drug-likeness (QED) is 0.366. The summed E-state index contributed by atoms with van der Waals surface area (Å²) in [7, 11) is 0. The molecule has 3 aromatic rings. The summed E-state index contributed by atoms with van der Waals surface area (Å²) in [6.45, 7) is 10.5. The predicted molar refractivity (Wildman–Crippen MR) is 138 cm³/mol. The van der Waals surface area contributed by atoms with Crippen LogP contribution in [0.4, 0.5) is 0 Å². The van der Waals surface area contributed by atoms with Crippen molar-refractivity contribution in [3.8, 4) is 0 Å². The maximum absolute atomic E-state index is 12.9. The van der Waals surface area contributed by atoms with Gasteiger partial charge in [0.05, 0.1) is 12.5 Å². The molecule has 0 fully saturated rings. The second-order valence-electron chi connectivity index (χ2n) is 9.67. The maximum Gasteiger partial charge on any atom is 0.224 e. The summed E-state index contributed by atoms with van der Waals surface area (Å²) in [5.41, 5.74) is 6.98. The van der Waals surface area contributed by atoms with Crippen molar-refractivity contribution in [1.29, 1.82) is 0 Å². The van der Waals surface area contributed by atoms with Crippen LogP contribution in [0, 0.1) is 26.7 Å². The number of nitrogens with one attached hydrogen (secondary N) is 1. The second kappa shape index (κ2) is 11.7. The zero-order valence-electron chi connectivity index (χ0n) is 21.0. The first-order valence-electron chi connectivity index (χ1n) is 12.1. The Morgan fingerprint density at radius 3 is 2.29 bits per heavy atom. The molecule has 1 aromatic heterocycles. The summed E-state index contributed by atoms with van der Waals surface area (Å²) in [5.74, 6) is 0.625. The summed E-state index contributed by atoms with van der Waals surface area (Å²) in [5, 5.41) is 3.26. The van der Waals surface area contributed by atoms with Crippen molar-refractivity contribution in [1.82, 2.24) is 10.3 Å². The number of aryl methyl sites for hydroxylation is 3. The molecule has 0 saturated heterocycles. The van der Waals surface area contributed by atoms with Gasteiger partial charge < -0.3 is 5.32 Å². The number of pyridine rings is 1. The van der Waals surface area contributed by atoms with E-state index in [1.54, 1.807) is 6.20 Å². The van der Waals surface area contributed by atoms with Crippen molar-refractivity contribution < 1.29 is 9.59 Å². The van der Waals surface area contributed by atoms with E-state index in [2.05, 4.69) is 56.2 Å². The predicted octanol–water partition coefficient (Wildman–Crippen LogP) is 6.27. The highest BCUT2D eigenvalue weighted by Gasteiger charge is 2.18. The maximum atomic E-state index is 12.9. The van der Waals surface area contributed by atoms with Gasteiger partial charge in [0, 0.05) is 23.9 Å². The number of benzene rings is 2. The third-order valence-corrected chi connectivity index (χ3v) is 6.28. The van der Waals surface area contributed by atoms with Crippen LogP contribution in [0.1, 0.15) is 76.6 Å². The molecule has 0 aliphatic carbocycles. The molecule has 0 aliphatic rings. The molecule has 1 atom stereocenters. The molecular weight excluding hydrogens is 420 g/mol. The summed E-state index contributed by atoms with van der Waals surface area (Å²) in [6, 6.07) is 17.6. The molecule has 1 N–H and O–H groups in total. The van der Waals surface area contributed by atoms with Gasteiger partial charge in [-0.3, -0.25) is 14.6 Å². The highest BCUT2D eigenvalue weighted by molar-refractivity contribution is 5.97. The Balaban J connectivity index is 1.65. The lowest BCUT2D eigenvalue weighted by Crippen LogP contribution is -2.30. The Kier molecular flexibility index (Phi) is 8.75. The van der Waals surface area contributed by atoms with Crippen LogP contribution >= 0.6 is 0 Å². The second-order valence-corrected chi connectivity index (χ2v) is 9.67. The lowest BCUT2D eigenvalue weighted by atomic mass is 9.93. The summed E-state index contributed by atoms with van der Waals surface area (Å²) in [6.07, 6.45) is 4.31. The number of Topliss-reactive ketones (excluding diaryl/α,β-unsaturated/α-hetero) is 1. The van der Waals surface area contributed by atoms with Crippen molar-refractivity contribution in [2.45, 2.75) is 66.3 Å². The lowest BCUT2D eigenvalue weighted by molar-refractivity contribution is -0.121. The minimum absolute atomic E-state index is 0.000859. The number of rotatable bonds is 10. The van der Waals surface area contributed by atoms with Crippen LogP contribution < -0.4 is 5.32 Å². The zero-order valence-corrected chi connectivity index (χ0v) is 21.0. The van der Waals surface area contributed by atoms with Gasteiger partial charge in [0.25, 0.3) is 0 Å². The number of hydrogen-bond acceptors (Lipinski definition) is 3. The average molecular weight is 457 g/mol. The van der Waals surface area contributed by atoms with Crippen molar-refractivity contribution >= 4 is 11.7 Å². The number of hydrogen-bond donors (Lipinski definition) is 1. The molecule has 34 heavy (non-hydrogen) atoms. The number of carbonyl (C=O) groups is 2. The van der Waals surface area contributed by atoms with E-state index in [-0.39, 0.29) is 17.7 Å². The Bertz CT molecular complexity index is 1130. The topological polar surface area (TPSA) is 59.1 Å². The summed E-state index contributed by atoms with van der Waals surface area (Å²) < 4.78 is 0. The first kappa shape index (κ1) is 25.4. The van der Waals surface area contributed by atoms with Gasteiger partial charge >= 0.3 is 0 Å². The molecule has 4 heteroatoms. The molecule has 3 rings (SSSR count). The molecular formula is C30H36N2O2. The van der Waals surface area contributed by atoms with Crippen molar-refractivity contribution in [3.63, 3.8) is 0 Å². The van der Waals surface area contributed by atoms with E-state index in [1.807, 2.05) is 43.3 Å². The fraction of sp³-hybridized carbons (Fsp3) is 0.367. The minimum Gasteiger partial charge on any atom is -0.349 e. The molecule has 1 unspecified atom stereocenters. The number of nitrogens with zero attached hydrogens (tertiary/aromatic N) is 1. The Labute approximate surface area is 203 Å². The smallest absolute Gasteiger partial charge is 0.224 e. The van der Waals surface area contributed by atoms with E-state index >= 15 is 0 Å². The average Bonchev–Trinajstić information content (AvgIpc) is 2.79. The summed E-state index contributed by atoms with van der Waals surface area (Å²) in [4.78, 5) is 29.9. The molecule has 178 valence electrons. The first-order chi connectivity index (χ1) is 16.2.